The Balaban J connectivity index is 0.00000288. The van der Waals surface area contributed by atoms with Gasteiger partial charge < -0.3 is 20.1 Å². The van der Waals surface area contributed by atoms with Crippen molar-refractivity contribution in [3.63, 3.8) is 0 Å². The molecule has 2 N–H and O–H groups in total. The van der Waals surface area contributed by atoms with Gasteiger partial charge in [-0.05, 0) is 50.6 Å². The minimum Gasteiger partial charge on any atom is -0.494 e. The summed E-state index contributed by atoms with van der Waals surface area (Å²) in [6.07, 6.45) is 2.98. The Morgan fingerprint density at radius 2 is 2.08 bits per heavy atom. The van der Waals surface area contributed by atoms with Crippen molar-refractivity contribution < 1.29 is 14.3 Å². The van der Waals surface area contributed by atoms with Crippen LogP contribution in [-0.4, -0.2) is 45.9 Å². The molecule has 0 radical (unpaired) electrons. The fourth-order valence-electron chi connectivity index (χ4n) is 2.95. The van der Waals surface area contributed by atoms with Crippen LogP contribution in [0.4, 0.5) is 0 Å². The predicted octanol–water partition coefficient (Wildman–Crippen LogP) is 2.64. The van der Waals surface area contributed by atoms with E-state index >= 15 is 0 Å². The molecule has 1 amide bonds. The molecule has 1 aromatic rings. The molecular weight excluding hydrogens is 328 g/mol. The fraction of sp³-hybridized carbons (Fsp3) is 0.611. The number of nitrogens with one attached hydrogen (secondary N) is 2. The molecule has 0 spiro atoms. The van der Waals surface area contributed by atoms with Crippen molar-refractivity contribution in [1.29, 1.82) is 0 Å². The van der Waals surface area contributed by atoms with Gasteiger partial charge in [-0.15, -0.1) is 12.4 Å². The van der Waals surface area contributed by atoms with Gasteiger partial charge >= 0.3 is 0 Å². The van der Waals surface area contributed by atoms with Crippen molar-refractivity contribution in [3.8, 4) is 5.75 Å². The molecule has 5 nitrogen and oxygen atoms in total. The lowest BCUT2D eigenvalue weighted by atomic mass is 9.79. The largest absolute Gasteiger partial charge is 0.494 e. The van der Waals surface area contributed by atoms with Crippen molar-refractivity contribution in [1.82, 2.24) is 10.6 Å². The topological polar surface area (TPSA) is 59.6 Å². The molecule has 24 heavy (non-hydrogen) atoms. The predicted molar refractivity (Wildman–Crippen MR) is 98.2 cm³/mol. The molecule has 1 aliphatic heterocycles. The molecule has 1 saturated heterocycles. The van der Waals surface area contributed by atoms with E-state index in [1.807, 2.05) is 18.2 Å². The van der Waals surface area contributed by atoms with Crippen molar-refractivity contribution in [2.24, 2.45) is 5.41 Å². The Morgan fingerprint density at radius 3 is 2.75 bits per heavy atom. The van der Waals surface area contributed by atoms with Crippen LogP contribution in [0.1, 0.15) is 36.5 Å². The minimum absolute atomic E-state index is 0. The summed E-state index contributed by atoms with van der Waals surface area (Å²) in [5, 5.41) is 6.43. The van der Waals surface area contributed by atoms with Crippen LogP contribution in [-0.2, 0) is 4.74 Å². The summed E-state index contributed by atoms with van der Waals surface area (Å²) < 4.78 is 11.0. The highest BCUT2D eigenvalue weighted by atomic mass is 35.5. The lowest BCUT2D eigenvalue weighted by molar-refractivity contribution is 0.0511. The Morgan fingerprint density at radius 1 is 1.33 bits per heavy atom. The van der Waals surface area contributed by atoms with Crippen molar-refractivity contribution in [2.45, 2.75) is 26.2 Å². The third kappa shape index (κ3) is 5.96. The molecule has 1 fully saturated rings. The Bertz CT molecular complexity index is 499. The molecule has 0 saturated carbocycles. The quantitative estimate of drug-likeness (QED) is 0.751. The van der Waals surface area contributed by atoms with E-state index < -0.39 is 0 Å². The molecule has 0 aliphatic carbocycles. The lowest BCUT2D eigenvalue weighted by Gasteiger charge is -2.37. The van der Waals surface area contributed by atoms with Gasteiger partial charge in [0.1, 0.15) is 5.75 Å². The zero-order valence-electron chi connectivity index (χ0n) is 14.6. The molecule has 1 aliphatic rings. The van der Waals surface area contributed by atoms with Gasteiger partial charge in [0.05, 0.1) is 13.2 Å². The number of hydrogen-bond acceptors (Lipinski definition) is 4. The normalized spacial score (nSPS) is 16.1. The second-order valence-electron chi connectivity index (χ2n) is 6.24. The van der Waals surface area contributed by atoms with Gasteiger partial charge in [0.15, 0.2) is 0 Å². The summed E-state index contributed by atoms with van der Waals surface area (Å²) >= 11 is 0. The van der Waals surface area contributed by atoms with Crippen LogP contribution in [0.3, 0.4) is 0 Å². The van der Waals surface area contributed by atoms with Crippen LogP contribution in [0, 0.1) is 5.41 Å². The van der Waals surface area contributed by atoms with Crippen LogP contribution in [0.5, 0.6) is 5.75 Å². The molecule has 2 rings (SSSR count). The molecule has 0 atom stereocenters. The van der Waals surface area contributed by atoms with Crippen LogP contribution < -0.4 is 15.4 Å². The third-order valence-electron chi connectivity index (χ3n) is 4.31. The first-order valence-corrected chi connectivity index (χ1v) is 8.40. The number of benzene rings is 1. The van der Waals surface area contributed by atoms with Gasteiger partial charge in [0.25, 0.3) is 5.91 Å². The van der Waals surface area contributed by atoms with Crippen LogP contribution in [0.15, 0.2) is 24.3 Å². The van der Waals surface area contributed by atoms with E-state index in [1.54, 1.807) is 13.2 Å². The highest BCUT2D eigenvalue weighted by Gasteiger charge is 2.32. The fourth-order valence-corrected chi connectivity index (χ4v) is 2.95. The van der Waals surface area contributed by atoms with Gasteiger partial charge in [-0.25, -0.2) is 0 Å². The summed E-state index contributed by atoms with van der Waals surface area (Å²) in [4.78, 5) is 12.4. The number of amides is 1. The van der Waals surface area contributed by atoms with Gasteiger partial charge in [0.2, 0.25) is 0 Å². The van der Waals surface area contributed by atoms with Gasteiger partial charge in [-0.3, -0.25) is 4.79 Å². The summed E-state index contributed by atoms with van der Waals surface area (Å²) in [5.41, 5.74) is 0.673. The number of rotatable bonds is 8. The van der Waals surface area contributed by atoms with Crippen molar-refractivity contribution >= 4 is 18.3 Å². The van der Waals surface area contributed by atoms with Crippen LogP contribution in [0.2, 0.25) is 0 Å². The second kappa shape index (κ2) is 10.5. The maximum atomic E-state index is 12.4. The monoisotopic (exact) mass is 356 g/mol. The SMILES string of the molecule is CCCOc1cccc(C(=O)NCC2(COC)CCNCC2)c1.Cl. The highest BCUT2D eigenvalue weighted by Crippen LogP contribution is 2.28. The lowest BCUT2D eigenvalue weighted by Crippen LogP contribution is -2.47. The molecule has 6 heteroatoms. The molecule has 0 bridgehead atoms. The summed E-state index contributed by atoms with van der Waals surface area (Å²) in [5.74, 6) is 0.689. The number of piperidine rings is 1. The average Bonchev–Trinajstić information content (AvgIpc) is 2.59. The Labute approximate surface area is 150 Å². The van der Waals surface area contributed by atoms with Crippen LogP contribution in [0.25, 0.3) is 0 Å². The number of carbonyl (C=O) groups is 1. The van der Waals surface area contributed by atoms with E-state index in [1.165, 1.54) is 0 Å². The first kappa shape index (κ1) is 20.7. The summed E-state index contributed by atoms with van der Waals surface area (Å²) in [7, 11) is 1.72. The van der Waals surface area contributed by atoms with E-state index in [4.69, 9.17) is 9.47 Å². The van der Waals surface area contributed by atoms with E-state index in [0.29, 0.717) is 25.3 Å². The standard InChI is InChI=1S/C18H28N2O3.ClH/c1-3-11-23-16-6-4-5-15(12-16)17(21)20-13-18(14-22-2)7-9-19-10-8-18;/h4-6,12,19H,3,7-11,13-14H2,1-2H3,(H,20,21);1H. The molecule has 0 aromatic heterocycles. The van der Waals surface area contributed by atoms with Crippen LogP contribution >= 0.6 is 12.4 Å². The Hall–Kier alpha value is -1.30. The van der Waals surface area contributed by atoms with Crippen molar-refractivity contribution in [3.05, 3.63) is 29.8 Å². The van der Waals surface area contributed by atoms with Gasteiger partial charge in [-0.2, -0.15) is 0 Å². The maximum Gasteiger partial charge on any atom is 0.251 e. The summed E-state index contributed by atoms with van der Waals surface area (Å²) in [6.45, 7) is 5.98. The first-order chi connectivity index (χ1) is 11.2. The van der Waals surface area contributed by atoms with Crippen molar-refractivity contribution in [2.75, 3.05) is 40.0 Å². The zero-order chi connectivity index (χ0) is 16.5. The number of carbonyl (C=O) groups excluding carboxylic acids is 1. The molecule has 136 valence electrons. The smallest absolute Gasteiger partial charge is 0.251 e. The Kier molecular flexibility index (Phi) is 9.11. The third-order valence-corrected chi connectivity index (χ3v) is 4.31. The summed E-state index contributed by atoms with van der Waals surface area (Å²) in [6, 6.07) is 7.36. The maximum absolute atomic E-state index is 12.4. The van der Waals surface area contributed by atoms with Gasteiger partial charge in [-0.1, -0.05) is 13.0 Å². The zero-order valence-corrected chi connectivity index (χ0v) is 15.4. The first-order valence-electron chi connectivity index (χ1n) is 8.40. The molecule has 1 aromatic carbocycles. The highest BCUT2D eigenvalue weighted by molar-refractivity contribution is 5.94. The number of hydrogen-bond donors (Lipinski definition) is 2. The average molecular weight is 357 g/mol. The van der Waals surface area contributed by atoms with E-state index in [2.05, 4.69) is 17.6 Å². The minimum atomic E-state index is -0.0547. The van der Waals surface area contributed by atoms with E-state index in [9.17, 15) is 4.79 Å². The van der Waals surface area contributed by atoms with E-state index in [-0.39, 0.29) is 23.7 Å². The van der Waals surface area contributed by atoms with E-state index in [0.717, 1.165) is 38.1 Å². The molecular formula is C18H29ClN2O3. The number of halogens is 1. The second-order valence-corrected chi connectivity index (χ2v) is 6.24. The number of methoxy groups -OCH3 is 1. The number of ether oxygens (including phenoxy) is 2. The molecule has 1 heterocycles. The van der Waals surface area contributed by atoms with Gasteiger partial charge in [0, 0.05) is 24.6 Å². The molecule has 0 unspecified atom stereocenters.